The third-order valence-corrected chi connectivity index (χ3v) is 3.10. The average molecular weight is 450 g/mol. The highest BCUT2D eigenvalue weighted by Crippen LogP contribution is 2.38. The van der Waals surface area contributed by atoms with E-state index in [0.29, 0.717) is 6.07 Å². The fraction of sp³-hybridized carbons (Fsp3) is 0.375. The molecule has 1 heterocycles. The Morgan fingerprint density at radius 2 is 1.78 bits per heavy atom. The van der Waals surface area contributed by atoms with Gasteiger partial charge in [-0.1, -0.05) is 15.9 Å². The van der Waals surface area contributed by atoms with Crippen molar-refractivity contribution in [2.45, 2.75) is 17.9 Å². The average Bonchev–Trinajstić information content (AvgIpc) is 2.13. The summed E-state index contributed by atoms with van der Waals surface area (Å²) < 4.78 is 77.1. The molecule has 1 aromatic rings. The lowest BCUT2D eigenvalue weighted by Gasteiger charge is -2.16. The van der Waals surface area contributed by atoms with Crippen LogP contribution in [0.2, 0.25) is 0 Å². The first-order valence-corrected chi connectivity index (χ1v) is 6.33. The van der Waals surface area contributed by atoms with Gasteiger partial charge in [-0.05, 0) is 28.7 Å². The molecule has 0 saturated heterocycles. The summed E-state index contributed by atoms with van der Waals surface area (Å²) in [7, 11) is 0. The molecular formula is C8H3BrF6INO. The largest absolute Gasteiger partial charge is 0.573 e. The zero-order chi connectivity index (χ0) is 14.1. The summed E-state index contributed by atoms with van der Waals surface area (Å²) in [5, 5.41) is -0.0132. The van der Waals surface area contributed by atoms with E-state index in [-0.39, 0.29) is 14.6 Å². The number of pyridine rings is 1. The molecule has 0 aromatic carbocycles. The second-order valence-electron chi connectivity index (χ2n) is 2.94. The van der Waals surface area contributed by atoms with Crippen LogP contribution in [0.25, 0.3) is 0 Å². The number of nitrogens with zero attached hydrogens (tertiary/aromatic N) is 1. The van der Waals surface area contributed by atoms with E-state index in [1.54, 1.807) is 22.6 Å². The second kappa shape index (κ2) is 5.39. The quantitative estimate of drug-likeness (QED) is 0.377. The minimum Gasteiger partial charge on any atom is -0.403 e. The molecule has 0 saturated carbocycles. The van der Waals surface area contributed by atoms with Gasteiger partial charge in [0.05, 0.1) is 5.69 Å². The van der Waals surface area contributed by atoms with E-state index in [9.17, 15) is 26.3 Å². The minimum absolute atomic E-state index is 0.0132. The monoisotopic (exact) mass is 449 g/mol. The molecule has 0 aliphatic heterocycles. The molecule has 0 amide bonds. The van der Waals surface area contributed by atoms with Gasteiger partial charge in [0.25, 0.3) is 0 Å². The second-order valence-corrected chi connectivity index (χ2v) is 4.67. The summed E-state index contributed by atoms with van der Waals surface area (Å²) in [5.74, 6) is -1.36. The number of halogens is 8. The molecule has 0 fully saturated rings. The van der Waals surface area contributed by atoms with Crippen molar-refractivity contribution in [2.24, 2.45) is 0 Å². The molecule has 0 bridgehead atoms. The van der Waals surface area contributed by atoms with E-state index in [2.05, 4.69) is 25.7 Å². The molecule has 0 radical (unpaired) electrons. The van der Waals surface area contributed by atoms with E-state index >= 15 is 0 Å². The smallest absolute Gasteiger partial charge is 0.403 e. The van der Waals surface area contributed by atoms with Crippen LogP contribution in [0.5, 0.6) is 5.75 Å². The van der Waals surface area contributed by atoms with E-state index in [1.165, 1.54) is 0 Å². The fourth-order valence-electron chi connectivity index (χ4n) is 1.01. The summed E-state index contributed by atoms with van der Waals surface area (Å²) in [6, 6.07) is 0.653. The number of rotatable bonds is 2. The number of ether oxygens (including phenoxy) is 1. The Kier molecular flexibility index (Phi) is 4.73. The van der Waals surface area contributed by atoms with E-state index in [0.717, 1.165) is 0 Å². The van der Waals surface area contributed by atoms with Gasteiger partial charge < -0.3 is 4.74 Å². The Hall–Kier alpha value is -0.260. The summed E-state index contributed by atoms with van der Waals surface area (Å²) in [4.78, 5) is 3.14. The van der Waals surface area contributed by atoms with Gasteiger partial charge in [0, 0.05) is 8.90 Å². The highest BCUT2D eigenvalue weighted by molar-refractivity contribution is 14.1. The van der Waals surface area contributed by atoms with Crippen molar-refractivity contribution in [3.8, 4) is 5.75 Å². The molecule has 0 N–H and O–H groups in total. The van der Waals surface area contributed by atoms with Crippen molar-refractivity contribution in [3.63, 3.8) is 0 Å². The zero-order valence-electron chi connectivity index (χ0n) is 8.16. The van der Waals surface area contributed by atoms with Gasteiger partial charge in [-0.15, -0.1) is 13.2 Å². The van der Waals surface area contributed by atoms with Crippen LogP contribution in [0.1, 0.15) is 11.4 Å². The highest BCUT2D eigenvalue weighted by atomic mass is 127. The molecule has 2 nitrogen and oxygen atoms in total. The van der Waals surface area contributed by atoms with Gasteiger partial charge in [0.15, 0.2) is 11.4 Å². The molecule has 1 aromatic heterocycles. The van der Waals surface area contributed by atoms with Crippen molar-refractivity contribution in [3.05, 3.63) is 21.0 Å². The van der Waals surface area contributed by atoms with Crippen LogP contribution in [-0.2, 0) is 11.5 Å². The van der Waals surface area contributed by atoms with Crippen molar-refractivity contribution >= 4 is 38.5 Å². The van der Waals surface area contributed by atoms with Crippen LogP contribution in [0.15, 0.2) is 6.07 Å². The van der Waals surface area contributed by atoms with Crippen LogP contribution in [-0.4, -0.2) is 11.3 Å². The normalized spacial score (nSPS) is 12.7. The van der Waals surface area contributed by atoms with Gasteiger partial charge in [0.1, 0.15) is 0 Å². The fourth-order valence-corrected chi connectivity index (χ4v) is 2.56. The number of hydrogen-bond donors (Lipinski definition) is 0. The van der Waals surface area contributed by atoms with Crippen molar-refractivity contribution < 1.29 is 31.1 Å². The topological polar surface area (TPSA) is 22.1 Å². The summed E-state index contributed by atoms with van der Waals surface area (Å²) in [6.45, 7) is 0. The molecule has 102 valence electrons. The van der Waals surface area contributed by atoms with Gasteiger partial charge in [-0.2, -0.15) is 13.2 Å². The third-order valence-electron chi connectivity index (χ3n) is 1.63. The van der Waals surface area contributed by atoms with E-state index in [4.69, 9.17) is 0 Å². The van der Waals surface area contributed by atoms with E-state index in [1.807, 2.05) is 0 Å². The van der Waals surface area contributed by atoms with Crippen LogP contribution < -0.4 is 4.74 Å². The molecular weight excluding hydrogens is 447 g/mol. The molecule has 0 atom stereocenters. The minimum atomic E-state index is -5.21. The van der Waals surface area contributed by atoms with Gasteiger partial charge in [0.2, 0.25) is 0 Å². The first-order valence-electron chi connectivity index (χ1n) is 4.13. The van der Waals surface area contributed by atoms with Crippen molar-refractivity contribution in [2.75, 3.05) is 0 Å². The Morgan fingerprint density at radius 3 is 2.17 bits per heavy atom. The standard InChI is InChI=1S/C8H3BrF6INO/c9-2-4-3(16)1-5(18-8(13,14)15)6(17-4)7(10,11)12/h1H,2H2. The Morgan fingerprint density at radius 1 is 1.22 bits per heavy atom. The number of hydrogen-bond acceptors (Lipinski definition) is 2. The maximum Gasteiger partial charge on any atom is 0.573 e. The van der Waals surface area contributed by atoms with Crippen LogP contribution in [0, 0.1) is 3.57 Å². The van der Waals surface area contributed by atoms with Crippen molar-refractivity contribution in [1.82, 2.24) is 4.98 Å². The molecule has 0 aliphatic carbocycles. The van der Waals surface area contributed by atoms with Crippen LogP contribution >= 0.6 is 38.5 Å². The lowest BCUT2D eigenvalue weighted by molar-refractivity contribution is -0.276. The maximum atomic E-state index is 12.5. The SMILES string of the molecule is FC(F)(F)Oc1cc(I)c(CBr)nc1C(F)(F)F. The Bertz CT molecular complexity index is 446. The molecule has 0 aliphatic rings. The first-order chi connectivity index (χ1) is 8.04. The van der Waals surface area contributed by atoms with Gasteiger partial charge >= 0.3 is 12.5 Å². The summed E-state index contributed by atoms with van der Waals surface area (Å²) >= 11 is 4.47. The zero-order valence-corrected chi connectivity index (χ0v) is 11.9. The van der Waals surface area contributed by atoms with Crippen molar-refractivity contribution in [1.29, 1.82) is 0 Å². The Balaban J connectivity index is 3.35. The van der Waals surface area contributed by atoms with Gasteiger partial charge in [-0.25, -0.2) is 4.98 Å². The summed E-state index contributed by atoms with van der Waals surface area (Å²) in [6.07, 6.45) is -10.2. The van der Waals surface area contributed by atoms with E-state index < -0.39 is 24.0 Å². The molecule has 10 heteroatoms. The lowest BCUT2D eigenvalue weighted by Crippen LogP contribution is -2.21. The molecule has 18 heavy (non-hydrogen) atoms. The Labute approximate surface area is 119 Å². The maximum absolute atomic E-state index is 12.5. The predicted octanol–water partition coefficient (Wildman–Crippen LogP) is 4.50. The lowest BCUT2D eigenvalue weighted by atomic mass is 10.3. The number of aromatic nitrogens is 1. The molecule has 1 rings (SSSR count). The van der Waals surface area contributed by atoms with Crippen LogP contribution in [0.4, 0.5) is 26.3 Å². The summed E-state index contributed by atoms with van der Waals surface area (Å²) in [5.41, 5.74) is -1.72. The molecule has 0 spiro atoms. The highest BCUT2D eigenvalue weighted by Gasteiger charge is 2.41. The third kappa shape index (κ3) is 4.14. The number of alkyl halides is 7. The predicted molar refractivity (Wildman–Crippen MR) is 61.3 cm³/mol. The first kappa shape index (κ1) is 15.8. The van der Waals surface area contributed by atoms with Gasteiger partial charge in [-0.3, -0.25) is 0 Å². The van der Waals surface area contributed by atoms with Crippen LogP contribution in [0.3, 0.4) is 0 Å². The molecule has 0 unspecified atom stereocenters.